The Balaban J connectivity index is 1.87. The highest BCUT2D eigenvalue weighted by atomic mass is 16.4. The number of rotatable bonds is 8. The van der Waals surface area contributed by atoms with E-state index in [1.165, 1.54) is 13.3 Å². The fourth-order valence-electron chi connectivity index (χ4n) is 3.14. The van der Waals surface area contributed by atoms with Crippen molar-refractivity contribution in [1.29, 1.82) is 0 Å². The first-order chi connectivity index (χ1) is 14.1. The molecule has 9 nitrogen and oxygen atoms in total. The Kier molecular flexibility index (Phi) is 6.75. The Morgan fingerprint density at radius 3 is 2.59 bits per heavy atom. The second kappa shape index (κ2) is 9.65. The summed E-state index contributed by atoms with van der Waals surface area (Å²) in [5.74, 6) is 0.753. The van der Waals surface area contributed by atoms with Gasteiger partial charge in [-0.2, -0.15) is 0 Å². The minimum absolute atomic E-state index is 0.284. The van der Waals surface area contributed by atoms with E-state index in [1.54, 1.807) is 12.1 Å². The fraction of sp³-hybridized carbons (Fsp3) is 0.300. The van der Waals surface area contributed by atoms with Crippen LogP contribution >= 0.6 is 0 Å². The topological polar surface area (TPSA) is 115 Å². The molecule has 0 radical (unpaired) electrons. The van der Waals surface area contributed by atoms with Gasteiger partial charge in [0, 0.05) is 12.6 Å². The summed E-state index contributed by atoms with van der Waals surface area (Å²) in [4.78, 5) is 25.5. The van der Waals surface area contributed by atoms with E-state index in [9.17, 15) is 9.59 Å². The first kappa shape index (κ1) is 20.3. The summed E-state index contributed by atoms with van der Waals surface area (Å²) in [6.07, 6.45) is 2.35. The van der Waals surface area contributed by atoms with Crippen LogP contribution in [0.5, 0.6) is 0 Å². The Morgan fingerprint density at radius 1 is 1.14 bits per heavy atom. The van der Waals surface area contributed by atoms with Crippen LogP contribution in [0.4, 0.5) is 4.79 Å². The number of hydrogen-bond acceptors (Lipinski definition) is 6. The lowest BCUT2D eigenvalue weighted by molar-refractivity contribution is -0.936. The molecule has 0 saturated heterocycles. The van der Waals surface area contributed by atoms with E-state index >= 15 is 0 Å². The van der Waals surface area contributed by atoms with Crippen molar-refractivity contribution in [2.45, 2.75) is 25.9 Å². The maximum absolute atomic E-state index is 12.9. The molecule has 3 rings (SSSR count). The fourth-order valence-corrected chi connectivity index (χ4v) is 3.14. The molecule has 3 N–H and O–H groups in total. The zero-order valence-electron chi connectivity index (χ0n) is 16.3. The number of nitrogens with zero attached hydrogens (tertiary/aromatic N) is 2. The summed E-state index contributed by atoms with van der Waals surface area (Å²) in [5, 5.41) is 12.9. The van der Waals surface area contributed by atoms with Crippen molar-refractivity contribution in [2.75, 3.05) is 13.6 Å². The molecule has 2 aromatic heterocycles. The molecule has 0 bridgehead atoms. The second-order valence-corrected chi connectivity index (χ2v) is 6.48. The number of aromatic nitrogens is 2. The highest BCUT2D eigenvalue weighted by Gasteiger charge is 2.33. The van der Waals surface area contributed by atoms with Gasteiger partial charge in [-0.15, -0.1) is 10.2 Å². The largest absolute Gasteiger partial charge is 0.459 e. The van der Waals surface area contributed by atoms with Crippen molar-refractivity contribution in [3.05, 3.63) is 60.2 Å². The average Bonchev–Trinajstić information content (AvgIpc) is 3.41. The molecule has 2 atom stereocenters. The molecule has 0 aliphatic carbocycles. The number of benzene rings is 1. The van der Waals surface area contributed by atoms with E-state index in [0.717, 1.165) is 16.9 Å². The predicted molar refractivity (Wildman–Crippen MR) is 104 cm³/mol. The van der Waals surface area contributed by atoms with Crippen LogP contribution in [0.1, 0.15) is 30.8 Å². The third-order valence-corrected chi connectivity index (χ3v) is 4.42. The smallest absolute Gasteiger partial charge is 0.321 e. The van der Waals surface area contributed by atoms with Gasteiger partial charge in [0.25, 0.3) is 17.7 Å². The standard InChI is InChI=1S/C20H23N5O4/c1-3-11-25(13-16-23-24-19(29-16)15-10-7-12-28-15)17(14-8-5-4-6-9-14)18(26)22-20(27)21-2/h4-10,12,17H,3,11,13H2,1-2H3,(H2,21,22,26,27)/p+1/t17-/m0/s1. The van der Waals surface area contributed by atoms with E-state index in [4.69, 9.17) is 8.83 Å². The number of imide groups is 1. The van der Waals surface area contributed by atoms with Crippen molar-refractivity contribution >= 4 is 11.9 Å². The summed E-state index contributed by atoms with van der Waals surface area (Å²) in [6, 6.07) is 11.6. The molecule has 152 valence electrons. The summed E-state index contributed by atoms with van der Waals surface area (Å²) < 4.78 is 11.0. The molecule has 0 spiro atoms. The van der Waals surface area contributed by atoms with E-state index < -0.39 is 18.0 Å². The van der Waals surface area contributed by atoms with Crippen LogP contribution in [0.25, 0.3) is 11.7 Å². The lowest BCUT2D eigenvalue weighted by Crippen LogP contribution is -3.12. The van der Waals surface area contributed by atoms with Crippen LogP contribution in [0.15, 0.2) is 57.6 Å². The highest BCUT2D eigenvalue weighted by Crippen LogP contribution is 2.18. The van der Waals surface area contributed by atoms with Crippen molar-refractivity contribution in [3.63, 3.8) is 0 Å². The highest BCUT2D eigenvalue weighted by molar-refractivity contribution is 5.96. The van der Waals surface area contributed by atoms with Gasteiger partial charge in [0.05, 0.1) is 12.8 Å². The van der Waals surface area contributed by atoms with Crippen LogP contribution in [0, 0.1) is 0 Å². The Morgan fingerprint density at radius 2 is 1.93 bits per heavy atom. The maximum atomic E-state index is 12.9. The van der Waals surface area contributed by atoms with Crippen LogP contribution in [-0.4, -0.2) is 35.7 Å². The molecule has 0 fully saturated rings. The molecule has 1 aromatic carbocycles. The van der Waals surface area contributed by atoms with Crippen LogP contribution in [0.2, 0.25) is 0 Å². The van der Waals surface area contributed by atoms with Crippen molar-refractivity contribution < 1.29 is 23.3 Å². The summed E-state index contributed by atoms with van der Waals surface area (Å²) in [5.41, 5.74) is 0.795. The molecular formula is C20H24N5O4+. The summed E-state index contributed by atoms with van der Waals surface area (Å²) in [6.45, 7) is 3.02. The van der Waals surface area contributed by atoms with E-state index in [0.29, 0.717) is 24.7 Å². The number of carbonyl (C=O) groups excluding carboxylic acids is 2. The van der Waals surface area contributed by atoms with Gasteiger partial charge in [-0.25, -0.2) is 4.79 Å². The zero-order chi connectivity index (χ0) is 20.6. The van der Waals surface area contributed by atoms with Gasteiger partial charge in [-0.05, 0) is 18.6 Å². The van der Waals surface area contributed by atoms with Gasteiger partial charge in [-0.1, -0.05) is 37.3 Å². The number of quaternary nitrogens is 1. The van der Waals surface area contributed by atoms with Crippen LogP contribution in [-0.2, 0) is 11.3 Å². The number of nitrogens with one attached hydrogen (secondary N) is 3. The molecule has 2 heterocycles. The van der Waals surface area contributed by atoms with Gasteiger partial charge in [0.2, 0.25) is 0 Å². The Bertz CT molecular complexity index is 924. The SMILES string of the molecule is CCC[NH+](Cc1nnc(-c2ccco2)o1)[C@H](C(=O)NC(=O)NC)c1ccccc1. The Labute approximate surface area is 168 Å². The minimum atomic E-state index is -0.618. The van der Waals surface area contributed by atoms with E-state index in [-0.39, 0.29) is 5.89 Å². The maximum Gasteiger partial charge on any atom is 0.321 e. The summed E-state index contributed by atoms with van der Waals surface area (Å²) in [7, 11) is 1.46. The monoisotopic (exact) mass is 398 g/mol. The van der Waals surface area contributed by atoms with Gasteiger partial charge >= 0.3 is 6.03 Å². The quantitative estimate of drug-likeness (QED) is 0.527. The third-order valence-electron chi connectivity index (χ3n) is 4.42. The van der Waals surface area contributed by atoms with Crippen molar-refractivity contribution in [1.82, 2.24) is 20.8 Å². The lowest BCUT2D eigenvalue weighted by atomic mass is 10.0. The average molecular weight is 398 g/mol. The number of carbonyl (C=O) groups is 2. The summed E-state index contributed by atoms with van der Waals surface area (Å²) >= 11 is 0. The van der Waals surface area contributed by atoms with E-state index in [2.05, 4.69) is 20.8 Å². The molecule has 1 unspecified atom stereocenters. The molecule has 0 aliphatic heterocycles. The predicted octanol–water partition coefficient (Wildman–Crippen LogP) is 1.32. The van der Waals surface area contributed by atoms with E-state index in [1.807, 2.05) is 37.3 Å². The molecule has 0 aliphatic rings. The normalized spacial score (nSPS) is 12.9. The second-order valence-electron chi connectivity index (χ2n) is 6.48. The molecule has 3 amide bonds. The Hall–Kier alpha value is -3.46. The lowest BCUT2D eigenvalue weighted by Gasteiger charge is -2.26. The number of furan rings is 1. The number of amides is 3. The van der Waals surface area contributed by atoms with Gasteiger partial charge < -0.3 is 19.1 Å². The van der Waals surface area contributed by atoms with Crippen LogP contribution < -0.4 is 15.5 Å². The number of urea groups is 1. The van der Waals surface area contributed by atoms with Gasteiger partial charge in [0.15, 0.2) is 18.3 Å². The molecule has 29 heavy (non-hydrogen) atoms. The first-order valence-corrected chi connectivity index (χ1v) is 9.40. The minimum Gasteiger partial charge on any atom is -0.459 e. The van der Waals surface area contributed by atoms with Crippen LogP contribution in [0.3, 0.4) is 0 Å². The first-order valence-electron chi connectivity index (χ1n) is 9.40. The molecular weight excluding hydrogens is 374 g/mol. The van der Waals surface area contributed by atoms with Gasteiger partial charge in [0.1, 0.15) is 0 Å². The molecule has 9 heteroatoms. The van der Waals surface area contributed by atoms with Gasteiger partial charge in [-0.3, -0.25) is 10.1 Å². The number of hydrogen-bond donors (Lipinski definition) is 3. The zero-order valence-corrected chi connectivity index (χ0v) is 16.3. The molecule has 0 saturated carbocycles. The van der Waals surface area contributed by atoms with Crippen molar-refractivity contribution in [3.8, 4) is 11.7 Å². The molecule has 3 aromatic rings. The van der Waals surface area contributed by atoms with Crippen molar-refractivity contribution in [2.24, 2.45) is 0 Å². The third kappa shape index (κ3) is 5.08.